The number of carbonyl (C=O) groups is 2. The third-order valence-electron chi connectivity index (χ3n) is 2.33. The Morgan fingerprint density at radius 1 is 1.31 bits per heavy atom. The smallest absolute Gasteiger partial charge is 0.326 e. The number of hydrogen-bond donors (Lipinski definition) is 2. The molecule has 0 aromatic rings. The Balaban J connectivity index is 4.40. The molecule has 0 heterocycles. The second-order valence-electron chi connectivity index (χ2n) is 4.63. The normalized spacial score (nSPS) is 14.3. The van der Waals surface area contributed by atoms with Crippen molar-refractivity contribution in [1.29, 1.82) is 0 Å². The van der Waals surface area contributed by atoms with Gasteiger partial charge in [-0.3, -0.25) is 4.79 Å². The molecule has 0 bridgehead atoms. The molecule has 0 saturated heterocycles. The fourth-order valence-corrected chi connectivity index (χ4v) is 1.42. The van der Waals surface area contributed by atoms with Crippen LogP contribution in [-0.4, -0.2) is 23.0 Å². The number of carboxylic acid groups (broad SMARTS) is 1. The van der Waals surface area contributed by atoms with E-state index in [-0.39, 0.29) is 17.7 Å². The van der Waals surface area contributed by atoms with Gasteiger partial charge in [0, 0.05) is 5.92 Å². The highest BCUT2D eigenvalue weighted by Gasteiger charge is 2.25. The van der Waals surface area contributed by atoms with Crippen molar-refractivity contribution in [1.82, 2.24) is 5.32 Å². The average Bonchev–Trinajstić information content (AvgIpc) is 2.11. The van der Waals surface area contributed by atoms with Gasteiger partial charge in [0.25, 0.3) is 0 Å². The topological polar surface area (TPSA) is 66.4 Å². The summed E-state index contributed by atoms with van der Waals surface area (Å²) in [7, 11) is 0. The molecule has 0 aliphatic heterocycles. The van der Waals surface area contributed by atoms with Crippen LogP contribution in [0.5, 0.6) is 0 Å². The predicted octanol–water partition coefficient (Wildman–Crippen LogP) is 1.81. The van der Waals surface area contributed by atoms with E-state index in [4.69, 9.17) is 5.11 Å². The van der Waals surface area contributed by atoms with E-state index in [1.807, 2.05) is 6.92 Å². The monoisotopic (exact) mass is 227 g/mol. The number of carbonyl (C=O) groups excluding carboxylic acids is 1. The van der Waals surface area contributed by atoms with Crippen LogP contribution >= 0.6 is 0 Å². The zero-order valence-corrected chi connectivity index (χ0v) is 10.4. The van der Waals surface area contributed by atoms with Crippen LogP contribution in [0.1, 0.15) is 34.1 Å². The molecule has 0 aliphatic rings. The minimum absolute atomic E-state index is 0.126. The molecule has 0 rings (SSSR count). The average molecular weight is 227 g/mol. The number of amides is 1. The summed E-state index contributed by atoms with van der Waals surface area (Å²) in [5, 5.41) is 11.5. The van der Waals surface area contributed by atoms with Crippen LogP contribution in [0, 0.1) is 11.8 Å². The Labute approximate surface area is 96.7 Å². The molecular formula is C12H21NO3. The predicted molar refractivity (Wildman–Crippen MR) is 63.0 cm³/mol. The largest absolute Gasteiger partial charge is 0.480 e. The Morgan fingerprint density at radius 3 is 2.12 bits per heavy atom. The summed E-state index contributed by atoms with van der Waals surface area (Å²) < 4.78 is 0. The van der Waals surface area contributed by atoms with E-state index in [2.05, 4.69) is 11.9 Å². The van der Waals surface area contributed by atoms with Gasteiger partial charge in [-0.25, -0.2) is 4.79 Å². The second kappa shape index (κ2) is 6.30. The molecule has 92 valence electrons. The zero-order chi connectivity index (χ0) is 12.9. The molecule has 0 aromatic carbocycles. The Kier molecular flexibility index (Phi) is 5.78. The summed E-state index contributed by atoms with van der Waals surface area (Å²) in [5.74, 6) is -1.59. The molecular weight excluding hydrogens is 206 g/mol. The van der Waals surface area contributed by atoms with Crippen molar-refractivity contribution in [2.24, 2.45) is 11.8 Å². The lowest BCUT2D eigenvalue weighted by molar-refractivity contribution is -0.143. The molecule has 16 heavy (non-hydrogen) atoms. The lowest BCUT2D eigenvalue weighted by Gasteiger charge is -2.20. The summed E-state index contributed by atoms with van der Waals surface area (Å²) >= 11 is 0. The SMILES string of the molecule is C=C(C)CC(C)C(=O)NC(C(=O)O)C(C)C. The summed E-state index contributed by atoms with van der Waals surface area (Å²) in [6.07, 6.45) is 0.580. The van der Waals surface area contributed by atoms with E-state index in [1.54, 1.807) is 20.8 Å². The molecule has 2 atom stereocenters. The molecule has 4 nitrogen and oxygen atoms in total. The van der Waals surface area contributed by atoms with Crippen molar-refractivity contribution in [3.05, 3.63) is 12.2 Å². The number of allylic oxidation sites excluding steroid dienone is 1. The van der Waals surface area contributed by atoms with E-state index < -0.39 is 12.0 Å². The van der Waals surface area contributed by atoms with Gasteiger partial charge in [0.2, 0.25) is 5.91 Å². The van der Waals surface area contributed by atoms with Gasteiger partial charge in [0.05, 0.1) is 0 Å². The van der Waals surface area contributed by atoms with Crippen LogP contribution < -0.4 is 5.32 Å². The van der Waals surface area contributed by atoms with E-state index in [1.165, 1.54) is 0 Å². The number of aliphatic carboxylic acids is 1. The standard InChI is InChI=1S/C12H21NO3/c1-7(2)6-9(5)11(14)13-10(8(3)4)12(15)16/h8-10H,1,6H2,2-5H3,(H,13,14)(H,15,16). The Bertz CT molecular complexity index is 284. The molecule has 2 unspecified atom stereocenters. The summed E-state index contributed by atoms with van der Waals surface area (Å²) in [5.41, 5.74) is 0.916. The van der Waals surface area contributed by atoms with Crippen molar-refractivity contribution in [2.45, 2.75) is 40.2 Å². The fourth-order valence-electron chi connectivity index (χ4n) is 1.42. The van der Waals surface area contributed by atoms with Crippen molar-refractivity contribution >= 4 is 11.9 Å². The maximum Gasteiger partial charge on any atom is 0.326 e. The maximum absolute atomic E-state index is 11.7. The molecule has 0 saturated carbocycles. The summed E-state index contributed by atoms with van der Waals surface area (Å²) in [6.45, 7) is 10.9. The number of hydrogen-bond acceptors (Lipinski definition) is 2. The third-order valence-corrected chi connectivity index (χ3v) is 2.33. The molecule has 4 heteroatoms. The summed E-state index contributed by atoms with van der Waals surface area (Å²) in [6, 6.07) is -0.819. The van der Waals surface area contributed by atoms with Gasteiger partial charge in [-0.05, 0) is 19.3 Å². The van der Waals surface area contributed by atoms with Crippen LogP contribution in [0.4, 0.5) is 0 Å². The van der Waals surface area contributed by atoms with E-state index in [9.17, 15) is 9.59 Å². The van der Waals surface area contributed by atoms with Crippen molar-refractivity contribution in [2.75, 3.05) is 0 Å². The minimum atomic E-state index is -0.995. The lowest BCUT2D eigenvalue weighted by Crippen LogP contribution is -2.46. The molecule has 1 amide bonds. The molecule has 0 spiro atoms. The van der Waals surface area contributed by atoms with Crippen molar-refractivity contribution in [3.63, 3.8) is 0 Å². The molecule has 0 fully saturated rings. The van der Waals surface area contributed by atoms with Gasteiger partial charge in [-0.2, -0.15) is 0 Å². The second-order valence-corrected chi connectivity index (χ2v) is 4.63. The lowest BCUT2D eigenvalue weighted by atomic mass is 10.00. The third kappa shape index (κ3) is 4.96. The van der Waals surface area contributed by atoms with E-state index in [0.29, 0.717) is 6.42 Å². The Morgan fingerprint density at radius 2 is 1.81 bits per heavy atom. The highest BCUT2D eigenvalue weighted by atomic mass is 16.4. The Hall–Kier alpha value is -1.32. The highest BCUT2D eigenvalue weighted by molar-refractivity contribution is 5.85. The van der Waals surface area contributed by atoms with Gasteiger partial charge >= 0.3 is 5.97 Å². The maximum atomic E-state index is 11.7. The van der Waals surface area contributed by atoms with Crippen LogP contribution in [0.25, 0.3) is 0 Å². The first-order chi connectivity index (χ1) is 7.25. The first-order valence-electron chi connectivity index (χ1n) is 5.43. The van der Waals surface area contributed by atoms with Gasteiger partial charge in [0.1, 0.15) is 6.04 Å². The first kappa shape index (κ1) is 14.7. The van der Waals surface area contributed by atoms with Crippen LogP contribution in [0.15, 0.2) is 12.2 Å². The molecule has 0 radical (unpaired) electrons. The first-order valence-corrected chi connectivity index (χ1v) is 5.43. The van der Waals surface area contributed by atoms with Crippen molar-refractivity contribution < 1.29 is 14.7 Å². The van der Waals surface area contributed by atoms with Crippen LogP contribution in [-0.2, 0) is 9.59 Å². The highest BCUT2D eigenvalue weighted by Crippen LogP contribution is 2.10. The molecule has 2 N–H and O–H groups in total. The zero-order valence-electron chi connectivity index (χ0n) is 10.4. The molecule has 0 aromatic heterocycles. The number of nitrogens with one attached hydrogen (secondary N) is 1. The molecule has 0 aliphatic carbocycles. The van der Waals surface area contributed by atoms with Crippen molar-refractivity contribution in [3.8, 4) is 0 Å². The van der Waals surface area contributed by atoms with Gasteiger partial charge < -0.3 is 10.4 Å². The van der Waals surface area contributed by atoms with E-state index >= 15 is 0 Å². The van der Waals surface area contributed by atoms with Gasteiger partial charge in [0.15, 0.2) is 0 Å². The number of carboxylic acids is 1. The number of rotatable bonds is 6. The summed E-state index contributed by atoms with van der Waals surface area (Å²) in [4.78, 5) is 22.6. The quantitative estimate of drug-likeness (QED) is 0.680. The van der Waals surface area contributed by atoms with Crippen LogP contribution in [0.2, 0.25) is 0 Å². The fraction of sp³-hybridized carbons (Fsp3) is 0.667. The van der Waals surface area contributed by atoms with E-state index in [0.717, 1.165) is 5.57 Å². The van der Waals surface area contributed by atoms with Gasteiger partial charge in [-0.15, -0.1) is 6.58 Å². The minimum Gasteiger partial charge on any atom is -0.480 e. The van der Waals surface area contributed by atoms with Crippen LogP contribution in [0.3, 0.4) is 0 Å². The van der Waals surface area contributed by atoms with Gasteiger partial charge in [-0.1, -0.05) is 26.3 Å².